The van der Waals surface area contributed by atoms with Gasteiger partial charge in [-0.1, -0.05) is 6.07 Å². The molecule has 0 bridgehead atoms. The number of rotatable bonds is 6. The Morgan fingerprint density at radius 2 is 1.78 bits per heavy atom. The molecule has 0 unspecified atom stereocenters. The number of hydrogen-bond acceptors (Lipinski definition) is 14. The molecule has 46 heavy (non-hydrogen) atoms. The molecule has 14 heteroatoms. The average molecular weight is 667 g/mol. The summed E-state index contributed by atoms with van der Waals surface area (Å²) in [4.78, 5) is 14.7. The van der Waals surface area contributed by atoms with Crippen LogP contribution in [0.25, 0.3) is 0 Å². The summed E-state index contributed by atoms with van der Waals surface area (Å²) in [6.07, 6.45) is -10.1. The highest BCUT2D eigenvalue weighted by Gasteiger charge is 2.56. The third-order valence-electron chi connectivity index (χ3n) is 8.44. The first-order chi connectivity index (χ1) is 26.1. The van der Waals surface area contributed by atoms with Crippen LogP contribution in [0.5, 0.6) is 28.7 Å². The van der Waals surface area contributed by atoms with E-state index in [1.54, 1.807) is 17.5 Å². The Morgan fingerprint density at radius 3 is 2.50 bits per heavy atom. The first-order valence-corrected chi connectivity index (χ1v) is 14.9. The summed E-state index contributed by atoms with van der Waals surface area (Å²) in [5.74, 6) is -12.6. The Morgan fingerprint density at radius 1 is 1.02 bits per heavy atom. The van der Waals surface area contributed by atoms with Gasteiger partial charge in [0.15, 0.2) is 35.6 Å². The lowest BCUT2D eigenvalue weighted by atomic mass is 9.66. The molecule has 4 aliphatic heterocycles. The summed E-state index contributed by atoms with van der Waals surface area (Å²) in [6, 6.07) is 7.59. The van der Waals surface area contributed by atoms with Gasteiger partial charge in [-0.3, -0.25) is 4.79 Å². The highest BCUT2D eigenvalue weighted by molar-refractivity contribution is 7.10. The summed E-state index contributed by atoms with van der Waals surface area (Å²) in [7, 11) is -6.51. The standard InChI is InChI=1S/C32H32O13S/c1-37-19-6-13(7-20(38-2)25(19)33)23-14-8-17-18(42-12-41-17)9-15(14)28(16-10-39-30(36)24(16)23)44-32-27(35)26(34)29-21(43-32)11-40-31(45-29)22-4-3-5-46-22/h3-9,16,21,23-24,26-29,31-35H,10-12H2,1-2H3/t16-,21+,23+,24-,26+,27+,28+,29+,31+,32-/m0/s1/i1D3,2D3,10D2,23D,24D. The fourth-order valence-corrected chi connectivity index (χ4v) is 7.02. The number of phenols is 1. The van der Waals surface area contributed by atoms with Crippen molar-refractivity contribution in [3.05, 3.63) is 63.3 Å². The number of fused-ring (bicyclic) bond motifs is 4. The van der Waals surface area contributed by atoms with Crippen LogP contribution in [0.4, 0.5) is 0 Å². The van der Waals surface area contributed by atoms with Gasteiger partial charge in [0.2, 0.25) is 12.5 Å². The molecule has 8 rings (SSSR count). The van der Waals surface area contributed by atoms with Crippen LogP contribution in [0.1, 0.15) is 53.6 Å². The van der Waals surface area contributed by atoms with E-state index in [1.165, 1.54) is 23.5 Å². The zero-order chi connectivity index (χ0) is 40.3. The Balaban J connectivity index is 1.27. The van der Waals surface area contributed by atoms with Crippen molar-refractivity contribution in [2.75, 3.05) is 34.0 Å². The second-order valence-electron chi connectivity index (χ2n) is 11.0. The number of benzene rings is 2. The molecule has 3 N–H and O–H groups in total. The van der Waals surface area contributed by atoms with E-state index < -0.39 is 110 Å². The summed E-state index contributed by atoms with van der Waals surface area (Å²) in [5.41, 5.74) is -1.03. The molecule has 3 aromatic rings. The van der Waals surface area contributed by atoms with Crippen molar-refractivity contribution in [3.8, 4) is 28.7 Å². The topological polar surface area (TPSA) is 161 Å². The summed E-state index contributed by atoms with van der Waals surface area (Å²) in [5, 5.41) is 35.4. The normalized spacial score (nSPS) is 42.3. The van der Waals surface area contributed by atoms with Gasteiger partial charge >= 0.3 is 5.97 Å². The number of ether oxygens (including phenoxy) is 9. The van der Waals surface area contributed by atoms with Gasteiger partial charge in [0.1, 0.15) is 24.4 Å². The molecule has 5 heterocycles. The van der Waals surface area contributed by atoms with E-state index in [-0.39, 0.29) is 36.0 Å². The van der Waals surface area contributed by atoms with Crippen LogP contribution in [0.15, 0.2) is 41.8 Å². The van der Waals surface area contributed by atoms with Crippen molar-refractivity contribution in [1.29, 1.82) is 0 Å². The molecular weight excluding hydrogens is 624 g/mol. The lowest BCUT2D eigenvalue weighted by Gasteiger charge is -2.48. The molecule has 10 atom stereocenters. The van der Waals surface area contributed by atoms with E-state index in [9.17, 15) is 22.9 Å². The van der Waals surface area contributed by atoms with Crippen LogP contribution in [-0.4, -0.2) is 86.0 Å². The number of esters is 1. The van der Waals surface area contributed by atoms with Crippen LogP contribution in [-0.2, 0) is 28.5 Å². The molecular formula is C32H32O13S. The zero-order valence-electron chi connectivity index (χ0n) is 33.4. The summed E-state index contributed by atoms with van der Waals surface area (Å²) in [6.45, 7) is -3.56. The van der Waals surface area contributed by atoms with Crippen molar-refractivity contribution in [1.82, 2.24) is 0 Å². The van der Waals surface area contributed by atoms with Crippen molar-refractivity contribution < 1.29 is 76.5 Å². The number of cyclic esters (lactones) is 1. The molecule has 3 fully saturated rings. The van der Waals surface area contributed by atoms with E-state index in [0.29, 0.717) is 4.88 Å². The van der Waals surface area contributed by atoms with Crippen LogP contribution in [0, 0.1) is 11.8 Å². The van der Waals surface area contributed by atoms with E-state index in [4.69, 9.17) is 53.6 Å². The Kier molecular flexibility index (Phi) is 5.17. The highest BCUT2D eigenvalue weighted by Crippen LogP contribution is 2.57. The maximum Gasteiger partial charge on any atom is 0.310 e. The number of carbonyl (C=O) groups is 1. The van der Waals surface area contributed by atoms with Gasteiger partial charge in [-0.25, -0.2) is 0 Å². The minimum absolute atomic E-state index is 0.00345. The van der Waals surface area contributed by atoms with Crippen molar-refractivity contribution in [2.24, 2.45) is 11.8 Å². The van der Waals surface area contributed by atoms with Crippen LogP contribution in [0.3, 0.4) is 0 Å². The molecule has 0 saturated carbocycles. The fraction of sp³-hybridized carbons (Fsp3) is 0.469. The molecule has 0 amide bonds. The first kappa shape index (κ1) is 20.6. The van der Waals surface area contributed by atoms with Crippen LogP contribution < -0.4 is 18.9 Å². The Hall–Kier alpha value is -3.63. The fourth-order valence-electron chi connectivity index (χ4n) is 6.31. The summed E-state index contributed by atoms with van der Waals surface area (Å²) < 4.78 is 134. The van der Waals surface area contributed by atoms with Gasteiger partial charge in [-0.2, -0.15) is 0 Å². The van der Waals surface area contributed by atoms with Crippen LogP contribution in [0.2, 0.25) is 0 Å². The largest absolute Gasteiger partial charge is 0.502 e. The van der Waals surface area contributed by atoms with E-state index in [1.807, 2.05) is 0 Å². The summed E-state index contributed by atoms with van der Waals surface area (Å²) >= 11 is 1.35. The van der Waals surface area contributed by atoms with Crippen LogP contribution >= 0.6 is 11.3 Å². The molecule has 3 saturated heterocycles. The molecule has 0 spiro atoms. The molecule has 244 valence electrons. The molecule has 1 aliphatic carbocycles. The van der Waals surface area contributed by atoms with Gasteiger partial charge in [-0.15, -0.1) is 11.3 Å². The van der Waals surface area contributed by atoms with E-state index in [2.05, 4.69) is 0 Å². The Bertz CT molecular complexity index is 1990. The van der Waals surface area contributed by atoms with Gasteiger partial charge in [0.05, 0.1) is 55.1 Å². The van der Waals surface area contributed by atoms with Crippen molar-refractivity contribution in [3.63, 3.8) is 0 Å². The number of aliphatic hydroxyl groups is 2. The SMILES string of the molecule is [2H]C([2H])([2H])Oc1cc([C@]2([2H])c3cc4c(cc3[C@@H](O[C@@H]3O[C@@H]5CO[C@@H](c6cccs6)O[C@H]5[C@H](O)[C@H]3O)[C@H]3C([2H])([2H])OC(=O)[C@@]32[2H])OCO4)cc(OC([2H])([2H])[2H])c1O. The lowest BCUT2D eigenvalue weighted by Crippen LogP contribution is -2.62. The number of aromatic hydroxyl groups is 1. The van der Waals surface area contributed by atoms with Gasteiger partial charge in [0, 0.05) is 14.6 Å². The average Bonchev–Trinajstić information content (AvgIpc) is 3.85. The number of thiophene rings is 1. The lowest BCUT2D eigenvalue weighted by molar-refractivity contribution is -0.368. The van der Waals surface area contributed by atoms with Crippen molar-refractivity contribution >= 4 is 17.3 Å². The van der Waals surface area contributed by atoms with Crippen molar-refractivity contribution in [2.45, 2.75) is 49.0 Å². The second-order valence-corrected chi connectivity index (χ2v) is 11.9. The number of aliphatic hydroxyl groups excluding tert-OH is 2. The predicted molar refractivity (Wildman–Crippen MR) is 156 cm³/mol. The Labute approximate surface area is 281 Å². The maximum absolute atomic E-state index is 14.0. The van der Waals surface area contributed by atoms with E-state index >= 15 is 0 Å². The van der Waals surface area contributed by atoms with E-state index in [0.717, 1.165) is 12.1 Å². The minimum Gasteiger partial charge on any atom is -0.502 e. The quantitative estimate of drug-likeness (QED) is 0.330. The molecule has 1 aromatic heterocycles. The maximum atomic E-state index is 14.0. The third kappa shape index (κ3) is 4.70. The minimum atomic E-state index is -3.26. The second kappa shape index (κ2) is 11.6. The van der Waals surface area contributed by atoms with Gasteiger partial charge in [0.25, 0.3) is 0 Å². The van der Waals surface area contributed by atoms with Gasteiger partial charge < -0.3 is 58.0 Å². The number of methoxy groups -OCH3 is 2. The molecule has 13 nitrogen and oxygen atoms in total. The highest BCUT2D eigenvalue weighted by atomic mass is 32.1. The number of phenolic OH excluding ortho intramolecular Hbond substituents is 1. The predicted octanol–water partition coefficient (Wildman–Crippen LogP) is 2.75. The van der Waals surface area contributed by atoms with Gasteiger partial charge in [-0.05, 0) is 52.4 Å². The smallest absolute Gasteiger partial charge is 0.310 e. The molecule has 0 radical (unpaired) electrons. The molecule has 5 aliphatic rings. The third-order valence-corrected chi connectivity index (χ3v) is 9.33. The number of carbonyl (C=O) groups excluding carboxylic acids is 1. The zero-order valence-corrected chi connectivity index (χ0v) is 24.2. The first-order valence-electron chi connectivity index (χ1n) is 19.0. The number of hydrogen-bond donors (Lipinski definition) is 3. The monoisotopic (exact) mass is 666 g/mol. The molecule has 2 aromatic carbocycles.